The van der Waals surface area contributed by atoms with Crippen LogP contribution in [0.1, 0.15) is 27.2 Å². The standard InChI is InChI=1S/C16H16N2O3/c19-15-13(16(20)21)8-12-10-18(7-6-14(12)17-15)9-11-4-2-1-3-5-11/h1-5,8H,6-7,9-10H2,(H,17,19)(H,20,21). The number of hydrogen-bond acceptors (Lipinski definition) is 3. The number of carbonyl (C=O) groups is 1. The lowest BCUT2D eigenvalue weighted by Gasteiger charge is -2.28. The fourth-order valence-corrected chi connectivity index (χ4v) is 2.70. The van der Waals surface area contributed by atoms with Crippen LogP contribution >= 0.6 is 0 Å². The van der Waals surface area contributed by atoms with Gasteiger partial charge in [-0.05, 0) is 17.2 Å². The van der Waals surface area contributed by atoms with Crippen LogP contribution in [0.2, 0.25) is 0 Å². The fraction of sp³-hybridized carbons (Fsp3) is 0.250. The summed E-state index contributed by atoms with van der Waals surface area (Å²) in [6, 6.07) is 11.7. The zero-order valence-corrected chi connectivity index (χ0v) is 11.5. The SMILES string of the molecule is O=C(O)c1cc2c([nH]c1=O)CCN(Cc1ccccc1)C2. The smallest absolute Gasteiger partial charge is 0.341 e. The lowest BCUT2D eigenvalue weighted by Crippen LogP contribution is -2.33. The molecular formula is C16H16N2O3. The number of nitrogens with zero attached hydrogens (tertiary/aromatic N) is 1. The molecule has 1 aromatic heterocycles. The average molecular weight is 284 g/mol. The van der Waals surface area contributed by atoms with Crippen LogP contribution in [-0.4, -0.2) is 27.5 Å². The number of nitrogens with one attached hydrogen (secondary N) is 1. The van der Waals surface area contributed by atoms with Gasteiger partial charge in [-0.15, -0.1) is 0 Å². The molecule has 0 atom stereocenters. The van der Waals surface area contributed by atoms with Crippen molar-refractivity contribution in [1.29, 1.82) is 0 Å². The Hall–Kier alpha value is -2.40. The predicted octanol–water partition coefficient (Wildman–Crippen LogP) is 1.63. The average Bonchev–Trinajstić information content (AvgIpc) is 2.47. The van der Waals surface area contributed by atoms with Crippen LogP contribution in [0.4, 0.5) is 0 Å². The minimum absolute atomic E-state index is 0.185. The minimum Gasteiger partial charge on any atom is -0.477 e. The van der Waals surface area contributed by atoms with Crippen molar-refractivity contribution in [3.8, 4) is 0 Å². The van der Waals surface area contributed by atoms with E-state index < -0.39 is 11.5 Å². The molecule has 2 N–H and O–H groups in total. The van der Waals surface area contributed by atoms with Crippen LogP contribution in [0.5, 0.6) is 0 Å². The van der Waals surface area contributed by atoms with Crippen molar-refractivity contribution in [2.75, 3.05) is 6.54 Å². The maximum Gasteiger partial charge on any atom is 0.341 e. The van der Waals surface area contributed by atoms with Gasteiger partial charge in [0.2, 0.25) is 0 Å². The van der Waals surface area contributed by atoms with Crippen molar-refractivity contribution in [2.45, 2.75) is 19.5 Å². The number of aromatic amines is 1. The lowest BCUT2D eigenvalue weighted by molar-refractivity contribution is 0.0694. The van der Waals surface area contributed by atoms with Crippen LogP contribution in [-0.2, 0) is 19.5 Å². The molecule has 0 bridgehead atoms. The molecule has 2 heterocycles. The van der Waals surface area contributed by atoms with Gasteiger partial charge in [-0.3, -0.25) is 9.69 Å². The molecule has 1 aromatic carbocycles. The highest BCUT2D eigenvalue weighted by molar-refractivity contribution is 5.87. The summed E-state index contributed by atoms with van der Waals surface area (Å²) in [6.45, 7) is 2.33. The van der Waals surface area contributed by atoms with E-state index in [9.17, 15) is 9.59 Å². The molecule has 0 aliphatic carbocycles. The predicted molar refractivity (Wildman–Crippen MR) is 78.3 cm³/mol. The van der Waals surface area contributed by atoms with E-state index in [0.717, 1.165) is 30.8 Å². The Morgan fingerprint density at radius 2 is 2.05 bits per heavy atom. The van der Waals surface area contributed by atoms with Gasteiger partial charge in [0, 0.05) is 31.7 Å². The maximum absolute atomic E-state index is 11.7. The molecule has 0 spiro atoms. The summed E-state index contributed by atoms with van der Waals surface area (Å²) in [7, 11) is 0. The largest absolute Gasteiger partial charge is 0.477 e. The van der Waals surface area contributed by atoms with Crippen LogP contribution < -0.4 is 5.56 Å². The summed E-state index contributed by atoms with van der Waals surface area (Å²) in [5.74, 6) is -1.18. The van der Waals surface area contributed by atoms with Gasteiger partial charge in [-0.25, -0.2) is 4.79 Å². The molecular weight excluding hydrogens is 268 g/mol. The Labute approximate surface area is 121 Å². The van der Waals surface area contributed by atoms with E-state index in [4.69, 9.17) is 5.11 Å². The number of carboxylic acids is 1. The van der Waals surface area contributed by atoms with Crippen LogP contribution in [0.3, 0.4) is 0 Å². The summed E-state index contributed by atoms with van der Waals surface area (Å²) in [5, 5.41) is 9.03. The molecule has 2 aromatic rings. The zero-order valence-electron chi connectivity index (χ0n) is 11.5. The van der Waals surface area contributed by atoms with Gasteiger partial charge >= 0.3 is 5.97 Å². The van der Waals surface area contributed by atoms with Gasteiger partial charge in [-0.1, -0.05) is 30.3 Å². The van der Waals surface area contributed by atoms with E-state index in [1.807, 2.05) is 18.2 Å². The lowest BCUT2D eigenvalue weighted by atomic mass is 10.0. The molecule has 3 rings (SSSR count). The molecule has 0 fully saturated rings. The third-order valence-corrected chi connectivity index (χ3v) is 3.77. The van der Waals surface area contributed by atoms with Gasteiger partial charge < -0.3 is 10.1 Å². The van der Waals surface area contributed by atoms with Crippen LogP contribution in [0.25, 0.3) is 0 Å². The second-order valence-electron chi connectivity index (χ2n) is 5.27. The van der Waals surface area contributed by atoms with E-state index in [0.29, 0.717) is 6.54 Å². The number of aromatic nitrogens is 1. The van der Waals surface area contributed by atoms with Gasteiger partial charge in [0.15, 0.2) is 0 Å². The molecule has 0 saturated heterocycles. The number of benzene rings is 1. The van der Waals surface area contributed by atoms with E-state index in [1.54, 1.807) is 0 Å². The summed E-state index contributed by atoms with van der Waals surface area (Å²) in [5.41, 5.74) is 2.28. The summed E-state index contributed by atoms with van der Waals surface area (Å²) >= 11 is 0. The summed E-state index contributed by atoms with van der Waals surface area (Å²) in [4.78, 5) is 27.7. The van der Waals surface area contributed by atoms with Gasteiger partial charge in [-0.2, -0.15) is 0 Å². The quantitative estimate of drug-likeness (QED) is 0.898. The summed E-state index contributed by atoms with van der Waals surface area (Å²) in [6.07, 6.45) is 0.733. The van der Waals surface area contributed by atoms with Gasteiger partial charge in [0.1, 0.15) is 5.56 Å². The number of carboxylic acid groups (broad SMARTS) is 1. The van der Waals surface area contributed by atoms with Crippen molar-refractivity contribution in [3.05, 3.63) is 69.1 Å². The molecule has 0 radical (unpaired) electrons. The molecule has 21 heavy (non-hydrogen) atoms. The Balaban J connectivity index is 1.83. The number of pyridine rings is 1. The van der Waals surface area contributed by atoms with Crippen molar-refractivity contribution in [3.63, 3.8) is 0 Å². The minimum atomic E-state index is -1.18. The normalized spacial score (nSPS) is 14.7. The zero-order chi connectivity index (χ0) is 14.8. The Kier molecular flexibility index (Phi) is 3.58. The number of H-pyrrole nitrogens is 1. The highest BCUT2D eigenvalue weighted by Crippen LogP contribution is 2.18. The fourth-order valence-electron chi connectivity index (χ4n) is 2.70. The first kappa shape index (κ1) is 13.6. The van der Waals surface area contributed by atoms with Crippen molar-refractivity contribution >= 4 is 5.97 Å². The third kappa shape index (κ3) is 2.87. The van der Waals surface area contributed by atoms with Gasteiger partial charge in [0.25, 0.3) is 5.56 Å². The second-order valence-corrected chi connectivity index (χ2v) is 5.27. The molecule has 5 nitrogen and oxygen atoms in total. The first-order valence-electron chi connectivity index (χ1n) is 6.88. The van der Waals surface area contributed by atoms with E-state index in [-0.39, 0.29) is 5.56 Å². The van der Waals surface area contributed by atoms with Gasteiger partial charge in [0.05, 0.1) is 0 Å². The second kappa shape index (κ2) is 5.54. The third-order valence-electron chi connectivity index (χ3n) is 3.77. The maximum atomic E-state index is 11.7. The first-order valence-corrected chi connectivity index (χ1v) is 6.88. The Morgan fingerprint density at radius 1 is 1.29 bits per heavy atom. The Morgan fingerprint density at radius 3 is 2.76 bits per heavy atom. The van der Waals surface area contributed by atoms with Crippen molar-refractivity contribution in [2.24, 2.45) is 0 Å². The molecule has 0 amide bonds. The number of fused-ring (bicyclic) bond motifs is 1. The van der Waals surface area contributed by atoms with Crippen molar-refractivity contribution < 1.29 is 9.90 Å². The molecule has 1 aliphatic heterocycles. The number of hydrogen-bond donors (Lipinski definition) is 2. The summed E-state index contributed by atoms with van der Waals surface area (Å²) < 4.78 is 0. The molecule has 1 aliphatic rings. The molecule has 0 saturated carbocycles. The molecule has 108 valence electrons. The Bertz CT molecular complexity index is 722. The highest BCUT2D eigenvalue weighted by Gasteiger charge is 2.20. The molecule has 0 unspecified atom stereocenters. The topological polar surface area (TPSA) is 73.4 Å². The van der Waals surface area contributed by atoms with Crippen molar-refractivity contribution in [1.82, 2.24) is 9.88 Å². The molecule has 5 heteroatoms. The van der Waals surface area contributed by atoms with E-state index in [2.05, 4.69) is 22.0 Å². The van der Waals surface area contributed by atoms with Crippen LogP contribution in [0, 0.1) is 0 Å². The number of aromatic carboxylic acids is 1. The number of rotatable bonds is 3. The van der Waals surface area contributed by atoms with Crippen LogP contribution in [0.15, 0.2) is 41.2 Å². The van der Waals surface area contributed by atoms with E-state index >= 15 is 0 Å². The van der Waals surface area contributed by atoms with E-state index in [1.165, 1.54) is 11.6 Å². The first-order chi connectivity index (χ1) is 10.1. The monoisotopic (exact) mass is 284 g/mol. The highest BCUT2D eigenvalue weighted by atomic mass is 16.4.